The lowest BCUT2D eigenvalue weighted by Gasteiger charge is -2.14. The van der Waals surface area contributed by atoms with Crippen molar-refractivity contribution in [1.29, 1.82) is 0 Å². The van der Waals surface area contributed by atoms with Gasteiger partial charge in [0, 0.05) is 21.7 Å². The zero-order chi connectivity index (χ0) is 14.5. The van der Waals surface area contributed by atoms with E-state index < -0.39 is 0 Å². The van der Waals surface area contributed by atoms with Crippen LogP contribution in [0.15, 0.2) is 39.8 Å². The van der Waals surface area contributed by atoms with E-state index in [4.69, 9.17) is 17.3 Å². The molecule has 108 valence electrons. The van der Waals surface area contributed by atoms with E-state index in [1.807, 2.05) is 16.8 Å². The molecular formula is C14H17BrClN3S. The summed E-state index contributed by atoms with van der Waals surface area (Å²) in [6.45, 7) is 2.96. The van der Waals surface area contributed by atoms with E-state index in [-0.39, 0.29) is 6.04 Å². The predicted molar refractivity (Wildman–Crippen MR) is 89.3 cm³/mol. The maximum Gasteiger partial charge on any atom is 0.0834 e. The van der Waals surface area contributed by atoms with Gasteiger partial charge in [-0.2, -0.15) is 5.10 Å². The summed E-state index contributed by atoms with van der Waals surface area (Å²) in [5.41, 5.74) is 7.21. The van der Waals surface area contributed by atoms with Crippen molar-refractivity contribution in [2.24, 2.45) is 5.73 Å². The predicted octanol–water partition coefficient (Wildman–Crippen LogP) is 4.50. The normalized spacial score (nSPS) is 12.6. The Kier molecular flexibility index (Phi) is 5.96. The molecule has 2 N–H and O–H groups in total. The van der Waals surface area contributed by atoms with Gasteiger partial charge in [-0.1, -0.05) is 40.5 Å². The van der Waals surface area contributed by atoms with Crippen LogP contribution in [-0.4, -0.2) is 15.5 Å². The number of benzene rings is 1. The number of aryl methyl sites for hydroxylation is 1. The summed E-state index contributed by atoms with van der Waals surface area (Å²) in [6.07, 6.45) is 2.69. The van der Waals surface area contributed by atoms with Crippen LogP contribution in [0.5, 0.6) is 0 Å². The quantitative estimate of drug-likeness (QED) is 0.757. The number of rotatable bonds is 6. The topological polar surface area (TPSA) is 43.8 Å². The molecule has 0 aliphatic rings. The molecule has 0 bridgehead atoms. The Morgan fingerprint density at radius 2 is 2.30 bits per heavy atom. The number of hydrogen-bond acceptors (Lipinski definition) is 3. The summed E-state index contributed by atoms with van der Waals surface area (Å²) in [5.74, 6) is 0.769. The Balaban J connectivity index is 2.05. The molecular weight excluding hydrogens is 358 g/mol. The minimum Gasteiger partial charge on any atom is -0.322 e. The maximum atomic E-state index is 6.28. The Hall–Kier alpha value is -0.490. The van der Waals surface area contributed by atoms with Crippen LogP contribution in [0.2, 0.25) is 5.02 Å². The lowest BCUT2D eigenvalue weighted by molar-refractivity contribution is 0.554. The number of thioether (sulfide) groups is 1. The molecule has 0 amide bonds. The summed E-state index contributed by atoms with van der Waals surface area (Å²) in [6, 6.07) is 8.07. The molecule has 1 aromatic carbocycles. The zero-order valence-corrected chi connectivity index (χ0v) is 14.4. The lowest BCUT2D eigenvalue weighted by Crippen LogP contribution is -2.19. The minimum atomic E-state index is -0.125. The highest BCUT2D eigenvalue weighted by Gasteiger charge is 2.16. The van der Waals surface area contributed by atoms with Gasteiger partial charge < -0.3 is 5.73 Å². The first-order chi connectivity index (χ1) is 9.61. The van der Waals surface area contributed by atoms with Gasteiger partial charge in [-0.15, -0.1) is 11.8 Å². The number of nitrogens with zero attached hydrogens (tertiary/aromatic N) is 2. The number of aromatic nitrogens is 2. The standard InChI is InChI=1S/C14H17BrClN3S/c1-2-6-19-14(12(16)8-18-19)13(17)9-20-11-5-3-4-10(15)7-11/h3-5,7-8,13H,2,6,9,17H2,1H3. The molecule has 2 aromatic rings. The fourth-order valence-corrected chi connectivity index (χ4v) is 3.70. The van der Waals surface area contributed by atoms with Crippen molar-refractivity contribution in [1.82, 2.24) is 9.78 Å². The number of halogens is 2. The monoisotopic (exact) mass is 373 g/mol. The highest BCUT2D eigenvalue weighted by atomic mass is 79.9. The van der Waals surface area contributed by atoms with Gasteiger partial charge in [0.05, 0.1) is 23.0 Å². The molecule has 0 saturated heterocycles. The number of hydrogen-bond donors (Lipinski definition) is 1. The first-order valence-electron chi connectivity index (χ1n) is 6.47. The third-order valence-electron chi connectivity index (χ3n) is 2.85. The average molecular weight is 375 g/mol. The molecule has 1 heterocycles. The molecule has 20 heavy (non-hydrogen) atoms. The highest BCUT2D eigenvalue weighted by Crippen LogP contribution is 2.28. The Morgan fingerprint density at radius 3 is 3.00 bits per heavy atom. The molecule has 0 aliphatic heterocycles. The van der Waals surface area contributed by atoms with Crippen LogP contribution in [0.25, 0.3) is 0 Å². The van der Waals surface area contributed by atoms with Gasteiger partial charge in [0.25, 0.3) is 0 Å². The molecule has 2 rings (SSSR count). The van der Waals surface area contributed by atoms with Gasteiger partial charge in [0.1, 0.15) is 0 Å². The van der Waals surface area contributed by atoms with Crippen molar-refractivity contribution >= 4 is 39.3 Å². The SMILES string of the molecule is CCCn1ncc(Cl)c1C(N)CSc1cccc(Br)c1. The summed E-state index contributed by atoms with van der Waals surface area (Å²) in [4.78, 5) is 1.19. The van der Waals surface area contributed by atoms with Crippen molar-refractivity contribution < 1.29 is 0 Å². The first kappa shape index (κ1) is 15.9. The second-order valence-electron chi connectivity index (χ2n) is 4.48. The van der Waals surface area contributed by atoms with Crippen LogP contribution in [0.4, 0.5) is 0 Å². The molecule has 1 unspecified atom stereocenters. The van der Waals surface area contributed by atoms with Gasteiger partial charge in [0.15, 0.2) is 0 Å². The molecule has 1 aromatic heterocycles. The zero-order valence-electron chi connectivity index (χ0n) is 11.2. The van der Waals surface area contributed by atoms with Gasteiger partial charge in [0.2, 0.25) is 0 Å². The van der Waals surface area contributed by atoms with Crippen LogP contribution in [0.3, 0.4) is 0 Å². The van der Waals surface area contributed by atoms with Crippen molar-refractivity contribution in [3.63, 3.8) is 0 Å². The maximum absolute atomic E-state index is 6.28. The highest BCUT2D eigenvalue weighted by molar-refractivity contribution is 9.10. The van der Waals surface area contributed by atoms with E-state index in [0.717, 1.165) is 28.9 Å². The Morgan fingerprint density at radius 1 is 1.50 bits per heavy atom. The lowest BCUT2D eigenvalue weighted by atomic mass is 10.2. The average Bonchev–Trinajstić information content (AvgIpc) is 2.78. The third-order valence-corrected chi connectivity index (χ3v) is 4.74. The smallest absolute Gasteiger partial charge is 0.0834 e. The summed E-state index contributed by atoms with van der Waals surface area (Å²) in [5, 5.41) is 4.94. The number of nitrogens with two attached hydrogens (primary N) is 1. The van der Waals surface area contributed by atoms with E-state index in [1.54, 1.807) is 18.0 Å². The van der Waals surface area contributed by atoms with Gasteiger partial charge in [-0.25, -0.2) is 0 Å². The van der Waals surface area contributed by atoms with E-state index in [1.165, 1.54) is 4.90 Å². The van der Waals surface area contributed by atoms with E-state index in [2.05, 4.69) is 40.1 Å². The van der Waals surface area contributed by atoms with Crippen molar-refractivity contribution in [3.05, 3.63) is 45.7 Å². The second-order valence-corrected chi connectivity index (χ2v) is 6.89. The second kappa shape index (κ2) is 7.50. The first-order valence-corrected chi connectivity index (χ1v) is 8.62. The molecule has 3 nitrogen and oxygen atoms in total. The van der Waals surface area contributed by atoms with Gasteiger partial charge in [-0.3, -0.25) is 4.68 Å². The molecule has 0 aliphatic carbocycles. The fourth-order valence-electron chi connectivity index (χ4n) is 1.95. The van der Waals surface area contributed by atoms with E-state index >= 15 is 0 Å². The molecule has 0 saturated carbocycles. The van der Waals surface area contributed by atoms with Crippen molar-refractivity contribution in [2.75, 3.05) is 5.75 Å². The molecule has 1 atom stereocenters. The Bertz CT molecular complexity index is 573. The van der Waals surface area contributed by atoms with E-state index in [0.29, 0.717) is 5.02 Å². The minimum absolute atomic E-state index is 0.125. The Labute approximate surface area is 137 Å². The van der Waals surface area contributed by atoms with Crippen molar-refractivity contribution in [3.8, 4) is 0 Å². The van der Waals surface area contributed by atoms with Crippen molar-refractivity contribution in [2.45, 2.75) is 30.8 Å². The fraction of sp³-hybridized carbons (Fsp3) is 0.357. The third kappa shape index (κ3) is 4.01. The molecule has 6 heteroatoms. The summed E-state index contributed by atoms with van der Waals surface area (Å²) in [7, 11) is 0. The van der Waals surface area contributed by atoms with Crippen LogP contribution < -0.4 is 5.73 Å². The molecule has 0 spiro atoms. The van der Waals surface area contributed by atoms with Gasteiger partial charge in [-0.05, 0) is 24.6 Å². The van der Waals surface area contributed by atoms with Gasteiger partial charge >= 0.3 is 0 Å². The van der Waals surface area contributed by atoms with Crippen LogP contribution in [0.1, 0.15) is 25.1 Å². The summed E-state index contributed by atoms with van der Waals surface area (Å²) < 4.78 is 2.99. The van der Waals surface area contributed by atoms with Crippen LogP contribution >= 0.6 is 39.3 Å². The summed E-state index contributed by atoms with van der Waals surface area (Å²) >= 11 is 11.4. The molecule has 0 fully saturated rings. The van der Waals surface area contributed by atoms with Crippen LogP contribution in [-0.2, 0) is 6.54 Å². The van der Waals surface area contributed by atoms with E-state index in [9.17, 15) is 0 Å². The van der Waals surface area contributed by atoms with Crippen LogP contribution in [0, 0.1) is 0 Å². The largest absolute Gasteiger partial charge is 0.322 e. The molecule has 0 radical (unpaired) electrons.